The van der Waals surface area contributed by atoms with Gasteiger partial charge in [-0.3, -0.25) is 4.79 Å². The first kappa shape index (κ1) is 45.2. The van der Waals surface area contributed by atoms with Gasteiger partial charge < -0.3 is 40.3 Å². The molecule has 7 unspecified atom stereocenters. The van der Waals surface area contributed by atoms with Crippen LogP contribution in [0, 0.1) is 0 Å². The molecule has 1 aliphatic rings. The molecule has 1 rings (SSSR count). The zero-order chi connectivity index (χ0) is 36.0. The average molecular weight is 694 g/mol. The molecule has 9 heteroatoms. The van der Waals surface area contributed by atoms with E-state index in [9.17, 15) is 30.3 Å². The summed E-state index contributed by atoms with van der Waals surface area (Å²) in [5.74, 6) is -0.205. The minimum absolute atomic E-state index is 0.205. The van der Waals surface area contributed by atoms with Crippen molar-refractivity contribution in [2.75, 3.05) is 13.2 Å². The Bertz CT molecular complexity index is 905. The molecular formula is C40H71NO8. The zero-order valence-electron chi connectivity index (χ0n) is 30.7. The molecule has 49 heavy (non-hydrogen) atoms. The van der Waals surface area contributed by atoms with Crippen LogP contribution >= 0.6 is 0 Å². The predicted molar refractivity (Wildman–Crippen MR) is 198 cm³/mol. The Morgan fingerprint density at radius 1 is 0.673 bits per heavy atom. The number of carbonyl (C=O) groups excluding carboxylic acids is 1. The van der Waals surface area contributed by atoms with E-state index in [2.05, 4.69) is 55.6 Å². The van der Waals surface area contributed by atoms with Gasteiger partial charge in [-0.15, -0.1) is 0 Å². The fourth-order valence-corrected chi connectivity index (χ4v) is 5.66. The number of allylic oxidation sites excluding steroid dienone is 7. The van der Waals surface area contributed by atoms with Crippen molar-refractivity contribution in [1.29, 1.82) is 0 Å². The highest BCUT2D eigenvalue weighted by molar-refractivity contribution is 5.76. The molecule has 0 aromatic heterocycles. The lowest BCUT2D eigenvalue weighted by atomic mass is 9.99. The maximum atomic E-state index is 12.8. The van der Waals surface area contributed by atoms with Gasteiger partial charge in [0.15, 0.2) is 6.29 Å². The number of amides is 1. The summed E-state index contributed by atoms with van der Waals surface area (Å²) in [6.45, 7) is 3.63. The molecular weight excluding hydrogens is 622 g/mol. The SMILES string of the molecule is CCC/C=C/CC/C=C/CC/C=C/C(O)C(COC1OC(CO)C(O)C(O)C1O)NC(=O)CCCCCCC/C=C\CCCCCCCC. The van der Waals surface area contributed by atoms with E-state index < -0.39 is 49.5 Å². The molecule has 0 bridgehead atoms. The molecule has 0 radical (unpaired) electrons. The lowest BCUT2D eigenvalue weighted by Gasteiger charge is -2.40. The first-order valence-electron chi connectivity index (χ1n) is 19.4. The summed E-state index contributed by atoms with van der Waals surface area (Å²) < 4.78 is 11.1. The van der Waals surface area contributed by atoms with Crippen molar-refractivity contribution in [2.45, 2.75) is 185 Å². The summed E-state index contributed by atoms with van der Waals surface area (Å²) in [6, 6.07) is -0.829. The van der Waals surface area contributed by atoms with Gasteiger partial charge >= 0.3 is 0 Å². The molecule has 9 nitrogen and oxygen atoms in total. The third-order valence-electron chi connectivity index (χ3n) is 8.83. The molecule has 1 aliphatic heterocycles. The van der Waals surface area contributed by atoms with Crippen LogP contribution < -0.4 is 5.32 Å². The predicted octanol–water partition coefficient (Wildman–Crippen LogP) is 6.72. The Morgan fingerprint density at radius 2 is 1.20 bits per heavy atom. The minimum atomic E-state index is -1.57. The fourth-order valence-electron chi connectivity index (χ4n) is 5.66. The van der Waals surface area contributed by atoms with E-state index in [0.29, 0.717) is 6.42 Å². The second-order valence-electron chi connectivity index (χ2n) is 13.3. The monoisotopic (exact) mass is 694 g/mol. The van der Waals surface area contributed by atoms with Crippen molar-refractivity contribution in [1.82, 2.24) is 5.32 Å². The smallest absolute Gasteiger partial charge is 0.220 e. The van der Waals surface area contributed by atoms with Crippen molar-refractivity contribution < 1.29 is 39.8 Å². The van der Waals surface area contributed by atoms with Crippen LogP contribution in [0.1, 0.15) is 142 Å². The number of hydrogen-bond acceptors (Lipinski definition) is 8. The number of nitrogens with one attached hydrogen (secondary N) is 1. The molecule has 1 heterocycles. The van der Waals surface area contributed by atoms with Crippen molar-refractivity contribution in [3.63, 3.8) is 0 Å². The molecule has 1 saturated heterocycles. The highest BCUT2D eigenvalue weighted by atomic mass is 16.7. The number of carbonyl (C=O) groups is 1. The maximum absolute atomic E-state index is 12.8. The van der Waals surface area contributed by atoms with Gasteiger partial charge in [0.1, 0.15) is 24.4 Å². The first-order valence-corrected chi connectivity index (χ1v) is 19.4. The van der Waals surface area contributed by atoms with Gasteiger partial charge in [0.2, 0.25) is 5.91 Å². The number of ether oxygens (including phenoxy) is 2. The van der Waals surface area contributed by atoms with Crippen molar-refractivity contribution in [2.24, 2.45) is 0 Å². The molecule has 0 aliphatic carbocycles. The Balaban J connectivity index is 2.48. The van der Waals surface area contributed by atoms with Crippen molar-refractivity contribution in [3.05, 3.63) is 48.6 Å². The van der Waals surface area contributed by atoms with Crippen LogP contribution in [-0.2, 0) is 14.3 Å². The maximum Gasteiger partial charge on any atom is 0.220 e. The lowest BCUT2D eigenvalue weighted by Crippen LogP contribution is -2.60. The van der Waals surface area contributed by atoms with Gasteiger partial charge in [-0.25, -0.2) is 0 Å². The topological polar surface area (TPSA) is 149 Å². The van der Waals surface area contributed by atoms with Crippen LogP contribution in [0.15, 0.2) is 48.6 Å². The summed E-state index contributed by atoms with van der Waals surface area (Å²) in [6.07, 6.45) is 30.1. The van der Waals surface area contributed by atoms with Crippen molar-refractivity contribution in [3.8, 4) is 0 Å². The molecule has 0 saturated carbocycles. The number of rotatable bonds is 30. The van der Waals surface area contributed by atoms with E-state index >= 15 is 0 Å². The first-order chi connectivity index (χ1) is 23.8. The standard InChI is InChI=1S/C40H71NO8/c1-3-5-7-9-11-13-15-16-17-18-20-22-24-26-28-30-36(44)41-33(32-48-40-39(47)38(46)37(45)35(31-42)49-40)34(43)29-27-25-23-21-19-14-12-10-8-6-4-2/h8,10,16-17,19,21,27,29,33-35,37-40,42-43,45-47H,3-7,9,11-15,18,20,22-26,28,30-32H2,1-2H3,(H,41,44)/b10-8+,17-16-,21-19+,29-27+. The molecule has 0 spiro atoms. The second kappa shape index (κ2) is 30.9. The van der Waals surface area contributed by atoms with Gasteiger partial charge in [0, 0.05) is 6.42 Å². The number of unbranched alkanes of at least 4 members (excludes halogenated alkanes) is 14. The van der Waals surface area contributed by atoms with E-state index in [1.54, 1.807) is 6.08 Å². The Kier molecular flexibility index (Phi) is 28.5. The van der Waals surface area contributed by atoms with Crippen LogP contribution in [0.5, 0.6) is 0 Å². The number of hydrogen-bond donors (Lipinski definition) is 6. The van der Waals surface area contributed by atoms with Crippen molar-refractivity contribution >= 4 is 5.91 Å². The molecule has 0 aromatic carbocycles. The van der Waals surface area contributed by atoms with Crippen LogP contribution in [-0.4, -0.2) is 87.5 Å². The van der Waals surface area contributed by atoms with Crippen LogP contribution in [0.2, 0.25) is 0 Å². The Hall–Kier alpha value is -1.85. The summed E-state index contributed by atoms with van der Waals surface area (Å²) in [7, 11) is 0. The van der Waals surface area contributed by atoms with Crippen LogP contribution in [0.25, 0.3) is 0 Å². The molecule has 0 aromatic rings. The number of aliphatic hydroxyl groups is 5. The molecule has 6 N–H and O–H groups in total. The van der Waals surface area contributed by atoms with Gasteiger partial charge in [0.05, 0.1) is 25.4 Å². The minimum Gasteiger partial charge on any atom is -0.394 e. The summed E-state index contributed by atoms with van der Waals surface area (Å²) in [5.41, 5.74) is 0. The highest BCUT2D eigenvalue weighted by Gasteiger charge is 2.44. The fraction of sp³-hybridized carbons (Fsp3) is 0.775. The highest BCUT2D eigenvalue weighted by Crippen LogP contribution is 2.22. The molecule has 7 atom stereocenters. The summed E-state index contributed by atoms with van der Waals surface area (Å²) >= 11 is 0. The van der Waals surface area contributed by atoms with E-state index in [1.165, 1.54) is 44.9 Å². The van der Waals surface area contributed by atoms with Crippen LogP contribution in [0.3, 0.4) is 0 Å². The van der Waals surface area contributed by atoms with E-state index in [1.807, 2.05) is 6.08 Å². The zero-order valence-corrected chi connectivity index (χ0v) is 30.7. The quantitative estimate of drug-likeness (QED) is 0.0359. The van der Waals surface area contributed by atoms with Gasteiger partial charge in [-0.1, -0.05) is 120 Å². The van der Waals surface area contributed by atoms with Gasteiger partial charge in [-0.2, -0.15) is 0 Å². The van der Waals surface area contributed by atoms with E-state index in [-0.39, 0.29) is 12.5 Å². The Morgan fingerprint density at radius 3 is 1.80 bits per heavy atom. The normalized spacial score (nSPS) is 23.0. The van der Waals surface area contributed by atoms with E-state index in [4.69, 9.17) is 9.47 Å². The van der Waals surface area contributed by atoms with Gasteiger partial charge in [-0.05, 0) is 64.2 Å². The van der Waals surface area contributed by atoms with Crippen LogP contribution in [0.4, 0.5) is 0 Å². The summed E-state index contributed by atoms with van der Waals surface area (Å²) in [5, 5.41) is 53.8. The third kappa shape index (κ3) is 22.6. The average Bonchev–Trinajstić information content (AvgIpc) is 3.10. The molecule has 1 fully saturated rings. The second-order valence-corrected chi connectivity index (χ2v) is 13.3. The molecule has 284 valence electrons. The van der Waals surface area contributed by atoms with E-state index in [0.717, 1.165) is 77.0 Å². The summed E-state index contributed by atoms with van der Waals surface area (Å²) in [4.78, 5) is 12.8. The van der Waals surface area contributed by atoms with Gasteiger partial charge in [0.25, 0.3) is 0 Å². The largest absolute Gasteiger partial charge is 0.394 e. The number of aliphatic hydroxyl groups excluding tert-OH is 5. The Labute approximate surface area is 297 Å². The lowest BCUT2D eigenvalue weighted by molar-refractivity contribution is -0.302. The molecule has 1 amide bonds. The third-order valence-corrected chi connectivity index (χ3v) is 8.83.